The SMILES string of the molecule is C#C.C#C.C=CC.CC.CC1(C)C(c2ccc(O)cc2)=CC[C@@]2(C)C1CC[C@@]1(C)C3CC[C@@]4(C)CCCC4[C@H]3CCC12.O=CO. The molecule has 0 aliphatic heterocycles. The molecule has 0 heterocycles. The standard InChI is InChI=1S/C32H46O.C3H6.C2H6.2C2H2.CH2O2/c1-29(2)24(21-8-10-22(33)11-9-21)15-19-32(5)27(29)16-20-31(4)26-14-18-30(3)17-6-7-25(30)23(26)12-13-28(31)32;1-3-2;3*1-2;2-1-3/h8-11,15,23,25-28,33H,6-7,12-14,16-20H2,1-5H3;3H,1H2,2H3;1-2H3;2*1-2H;1H,(H,2,3)/t23-,25?,26?,27?,28?,30-,31+,32+;;;;;/m1...../s1. The summed E-state index contributed by atoms with van der Waals surface area (Å²) < 4.78 is 0. The van der Waals surface area contributed by atoms with E-state index in [0.717, 1.165) is 29.6 Å². The molecule has 0 spiro atoms. The molecule has 4 fully saturated rings. The van der Waals surface area contributed by atoms with Crippen LogP contribution in [0.25, 0.3) is 5.57 Å². The molecular formula is C42H64O3. The number of allylic oxidation sites excluding steroid dienone is 3. The van der Waals surface area contributed by atoms with Gasteiger partial charge in [0.25, 0.3) is 6.47 Å². The minimum Gasteiger partial charge on any atom is -0.508 e. The first-order valence-electron chi connectivity index (χ1n) is 17.2. The van der Waals surface area contributed by atoms with Gasteiger partial charge in [-0.05, 0) is 139 Å². The van der Waals surface area contributed by atoms with Crippen molar-refractivity contribution in [2.24, 2.45) is 51.2 Å². The van der Waals surface area contributed by atoms with Gasteiger partial charge in [-0.2, -0.15) is 0 Å². The van der Waals surface area contributed by atoms with Crippen LogP contribution in [0.5, 0.6) is 5.75 Å². The smallest absolute Gasteiger partial charge is 0.290 e. The van der Waals surface area contributed by atoms with Crippen LogP contribution in [0.1, 0.15) is 125 Å². The van der Waals surface area contributed by atoms with Gasteiger partial charge in [-0.1, -0.05) is 79.2 Å². The van der Waals surface area contributed by atoms with Crippen molar-refractivity contribution in [1.29, 1.82) is 0 Å². The van der Waals surface area contributed by atoms with Crippen molar-refractivity contribution < 1.29 is 15.0 Å². The summed E-state index contributed by atoms with van der Waals surface area (Å²) in [5.74, 6) is 4.97. The minimum atomic E-state index is -0.250. The number of carbonyl (C=O) groups is 1. The van der Waals surface area contributed by atoms with Gasteiger partial charge in [-0.25, -0.2) is 0 Å². The van der Waals surface area contributed by atoms with Gasteiger partial charge in [-0.15, -0.1) is 32.3 Å². The molecule has 8 atom stereocenters. The molecule has 0 saturated heterocycles. The van der Waals surface area contributed by atoms with Crippen molar-refractivity contribution in [1.82, 2.24) is 0 Å². The number of fused-ring (bicyclic) bond motifs is 7. The Labute approximate surface area is 277 Å². The maximum Gasteiger partial charge on any atom is 0.290 e. The molecule has 6 rings (SSSR count). The lowest BCUT2D eigenvalue weighted by Crippen LogP contribution is -2.60. The number of rotatable bonds is 1. The lowest BCUT2D eigenvalue weighted by atomic mass is 9.36. The number of terminal acetylenes is 2. The van der Waals surface area contributed by atoms with E-state index in [0.29, 0.717) is 22.0 Å². The first kappa shape index (κ1) is 40.1. The molecule has 4 unspecified atom stereocenters. The van der Waals surface area contributed by atoms with Crippen molar-refractivity contribution in [2.45, 2.75) is 120 Å². The molecule has 0 amide bonds. The Balaban J connectivity index is 0.000000750. The zero-order valence-corrected chi connectivity index (χ0v) is 29.8. The fraction of sp³-hybridized carbons (Fsp3) is 0.643. The highest BCUT2D eigenvalue weighted by Gasteiger charge is 2.64. The molecule has 0 aromatic heterocycles. The average molecular weight is 617 g/mol. The number of hydrogen-bond acceptors (Lipinski definition) is 2. The molecule has 2 N–H and O–H groups in total. The van der Waals surface area contributed by atoms with Crippen LogP contribution < -0.4 is 0 Å². The lowest BCUT2D eigenvalue weighted by molar-refractivity contribution is -0.176. The Morgan fingerprint density at radius 3 is 1.91 bits per heavy atom. The minimum absolute atomic E-state index is 0.179. The van der Waals surface area contributed by atoms with E-state index in [1.807, 2.05) is 32.9 Å². The second-order valence-electron chi connectivity index (χ2n) is 14.8. The third-order valence-electron chi connectivity index (χ3n) is 12.7. The van der Waals surface area contributed by atoms with E-state index in [1.165, 1.54) is 75.3 Å². The fourth-order valence-corrected chi connectivity index (χ4v) is 11.3. The molecule has 3 heteroatoms. The second kappa shape index (κ2) is 17.1. The van der Waals surface area contributed by atoms with Crippen LogP contribution in [0.4, 0.5) is 0 Å². The van der Waals surface area contributed by atoms with Gasteiger partial charge >= 0.3 is 0 Å². The summed E-state index contributed by atoms with van der Waals surface area (Å²) in [7, 11) is 0. The maximum absolute atomic E-state index is 9.82. The summed E-state index contributed by atoms with van der Waals surface area (Å²) in [6.45, 7) is 22.1. The van der Waals surface area contributed by atoms with Crippen LogP contribution in [-0.4, -0.2) is 16.7 Å². The highest BCUT2D eigenvalue weighted by atomic mass is 16.3. The highest BCUT2D eigenvalue weighted by Crippen LogP contribution is 2.73. The van der Waals surface area contributed by atoms with Crippen LogP contribution in [0.3, 0.4) is 0 Å². The number of phenolic OH excluding ortho intramolecular Hbond substituents is 1. The zero-order chi connectivity index (χ0) is 34.6. The van der Waals surface area contributed by atoms with Gasteiger partial charge in [0, 0.05) is 0 Å². The van der Waals surface area contributed by atoms with Crippen LogP contribution >= 0.6 is 0 Å². The highest BCUT2D eigenvalue weighted by molar-refractivity contribution is 5.72. The summed E-state index contributed by atoms with van der Waals surface area (Å²) in [6, 6.07) is 7.98. The van der Waals surface area contributed by atoms with Gasteiger partial charge in [0.05, 0.1) is 0 Å². The first-order valence-corrected chi connectivity index (χ1v) is 17.2. The topological polar surface area (TPSA) is 57.5 Å². The Morgan fingerprint density at radius 2 is 1.36 bits per heavy atom. The number of aromatic hydroxyl groups is 1. The summed E-state index contributed by atoms with van der Waals surface area (Å²) >= 11 is 0. The molecule has 1 aromatic carbocycles. The van der Waals surface area contributed by atoms with E-state index in [9.17, 15) is 5.11 Å². The van der Waals surface area contributed by atoms with Crippen LogP contribution in [0, 0.1) is 76.9 Å². The van der Waals surface area contributed by atoms with Gasteiger partial charge < -0.3 is 10.2 Å². The molecule has 3 nitrogen and oxygen atoms in total. The van der Waals surface area contributed by atoms with Crippen molar-refractivity contribution in [3.8, 4) is 31.4 Å². The third-order valence-corrected chi connectivity index (χ3v) is 12.7. The largest absolute Gasteiger partial charge is 0.508 e. The van der Waals surface area contributed by atoms with Crippen molar-refractivity contribution >= 4 is 12.0 Å². The van der Waals surface area contributed by atoms with E-state index >= 15 is 0 Å². The predicted octanol–water partition coefficient (Wildman–Crippen LogP) is 11.3. The molecule has 4 saturated carbocycles. The lowest BCUT2D eigenvalue weighted by Gasteiger charge is -2.68. The van der Waals surface area contributed by atoms with Crippen LogP contribution in [0.15, 0.2) is 43.0 Å². The molecule has 250 valence electrons. The molecule has 45 heavy (non-hydrogen) atoms. The van der Waals surface area contributed by atoms with Crippen molar-refractivity contribution in [2.75, 3.05) is 0 Å². The van der Waals surface area contributed by atoms with Gasteiger partial charge in [-0.3, -0.25) is 4.79 Å². The average Bonchev–Trinajstić information content (AvgIpc) is 3.43. The Morgan fingerprint density at radius 1 is 0.800 bits per heavy atom. The normalized spacial score (nSPS) is 36.1. The second-order valence-corrected chi connectivity index (χ2v) is 14.8. The van der Waals surface area contributed by atoms with E-state index in [-0.39, 0.29) is 11.9 Å². The van der Waals surface area contributed by atoms with Gasteiger partial charge in [0.1, 0.15) is 5.75 Å². The predicted molar refractivity (Wildman–Crippen MR) is 193 cm³/mol. The van der Waals surface area contributed by atoms with Crippen molar-refractivity contribution in [3.63, 3.8) is 0 Å². The van der Waals surface area contributed by atoms with Crippen LogP contribution in [0.2, 0.25) is 0 Å². The number of benzene rings is 1. The number of phenols is 1. The number of hydrogen-bond donors (Lipinski definition) is 2. The van der Waals surface area contributed by atoms with Gasteiger partial charge in [0.15, 0.2) is 0 Å². The molecule has 0 radical (unpaired) electrons. The zero-order valence-electron chi connectivity index (χ0n) is 29.8. The molecular weight excluding hydrogens is 552 g/mol. The monoisotopic (exact) mass is 616 g/mol. The maximum atomic E-state index is 9.82. The first-order chi connectivity index (χ1) is 21.4. The fourth-order valence-electron chi connectivity index (χ4n) is 11.3. The summed E-state index contributed by atoms with van der Waals surface area (Å²) in [5.41, 5.74) is 4.63. The molecule has 5 aliphatic rings. The molecule has 1 aromatic rings. The Kier molecular flexibility index (Phi) is 15.3. The third kappa shape index (κ3) is 7.57. The Bertz CT molecular complexity index is 1130. The van der Waals surface area contributed by atoms with E-state index in [4.69, 9.17) is 9.90 Å². The Hall–Kier alpha value is -2.91. The van der Waals surface area contributed by atoms with E-state index in [2.05, 4.69) is 85.1 Å². The van der Waals surface area contributed by atoms with E-state index in [1.54, 1.807) is 6.08 Å². The van der Waals surface area contributed by atoms with Gasteiger partial charge in [0.2, 0.25) is 0 Å². The van der Waals surface area contributed by atoms with Crippen LogP contribution in [-0.2, 0) is 4.79 Å². The summed E-state index contributed by atoms with van der Waals surface area (Å²) in [4.78, 5) is 8.36. The molecule has 0 bridgehead atoms. The van der Waals surface area contributed by atoms with Crippen molar-refractivity contribution in [3.05, 3.63) is 48.6 Å². The number of carboxylic acid groups (broad SMARTS) is 1. The van der Waals surface area contributed by atoms with E-state index < -0.39 is 0 Å². The summed E-state index contributed by atoms with van der Waals surface area (Å²) in [6.07, 6.45) is 34.9. The molecule has 5 aliphatic carbocycles. The summed E-state index contributed by atoms with van der Waals surface area (Å²) in [5, 5.41) is 16.7. The quantitative estimate of drug-likeness (QED) is 0.187.